The number of ketones is 2. The summed E-state index contributed by atoms with van der Waals surface area (Å²) in [6.45, 7) is 0. The number of rotatable bonds is 3. The fourth-order valence-electron chi connectivity index (χ4n) is 3.34. The van der Waals surface area contributed by atoms with E-state index in [1.54, 1.807) is 0 Å². The molecule has 0 saturated heterocycles. The Kier molecular flexibility index (Phi) is 4.88. The highest BCUT2D eigenvalue weighted by atomic mass is 32.2. The highest BCUT2D eigenvalue weighted by molar-refractivity contribution is 7.91. The summed E-state index contributed by atoms with van der Waals surface area (Å²) in [5.74, 6) is -2.52. The van der Waals surface area contributed by atoms with Crippen molar-refractivity contribution in [3.8, 4) is 0 Å². The molecule has 9 heteroatoms. The van der Waals surface area contributed by atoms with E-state index in [1.165, 1.54) is 0 Å². The first kappa shape index (κ1) is 17.6. The van der Waals surface area contributed by atoms with E-state index in [0.717, 1.165) is 6.26 Å². The quantitative estimate of drug-likeness (QED) is 0.265. The molecule has 2 saturated carbocycles. The van der Waals surface area contributed by atoms with Crippen molar-refractivity contribution in [1.29, 1.82) is 0 Å². The maximum atomic E-state index is 11.9. The molecular formula is C14H19NO7S. The molecule has 2 aliphatic rings. The van der Waals surface area contributed by atoms with Gasteiger partial charge in [-0.25, -0.2) is 8.42 Å². The maximum absolute atomic E-state index is 11.9. The Morgan fingerprint density at radius 2 is 1.78 bits per heavy atom. The Morgan fingerprint density at radius 1 is 1.22 bits per heavy atom. The van der Waals surface area contributed by atoms with E-state index in [4.69, 9.17) is 0 Å². The molecule has 8 nitrogen and oxygen atoms in total. The predicted octanol–water partition coefficient (Wildman–Crippen LogP) is 0.979. The minimum atomic E-state index is -3.42. The molecule has 3 atom stereocenters. The van der Waals surface area contributed by atoms with Crippen molar-refractivity contribution in [1.82, 2.24) is 0 Å². The van der Waals surface area contributed by atoms with Crippen molar-refractivity contribution in [2.75, 3.05) is 6.26 Å². The molecule has 0 spiro atoms. The second kappa shape index (κ2) is 6.38. The van der Waals surface area contributed by atoms with Crippen LogP contribution in [0, 0.1) is 16.0 Å². The number of allylic oxidation sites excluding steroid dienone is 1. The molecule has 1 N–H and O–H groups in total. The molecule has 0 aliphatic heterocycles. The van der Waals surface area contributed by atoms with Gasteiger partial charge in [0.15, 0.2) is 21.4 Å². The highest BCUT2D eigenvalue weighted by Gasteiger charge is 2.45. The number of sulfone groups is 1. The van der Waals surface area contributed by atoms with Gasteiger partial charge in [0, 0.05) is 30.4 Å². The van der Waals surface area contributed by atoms with Gasteiger partial charge >= 0.3 is 0 Å². The van der Waals surface area contributed by atoms with Crippen LogP contribution in [0.5, 0.6) is 0 Å². The van der Waals surface area contributed by atoms with Gasteiger partial charge in [0.1, 0.15) is 5.76 Å². The van der Waals surface area contributed by atoms with Crippen LogP contribution in [0.25, 0.3) is 0 Å². The third-order valence-corrected chi connectivity index (χ3v) is 6.26. The van der Waals surface area contributed by atoms with Gasteiger partial charge in [0.2, 0.25) is 6.04 Å². The molecule has 23 heavy (non-hydrogen) atoms. The zero-order valence-corrected chi connectivity index (χ0v) is 13.5. The number of Topliss-reactive ketones (excluding diaryl/α,β-unsaturated/α-hetero) is 2. The highest BCUT2D eigenvalue weighted by Crippen LogP contribution is 2.36. The van der Waals surface area contributed by atoms with Crippen molar-refractivity contribution in [3.05, 3.63) is 21.4 Å². The van der Waals surface area contributed by atoms with Crippen LogP contribution < -0.4 is 0 Å². The first-order chi connectivity index (χ1) is 10.6. The van der Waals surface area contributed by atoms with Gasteiger partial charge < -0.3 is 5.11 Å². The minimum Gasteiger partial charge on any atom is -0.511 e. The van der Waals surface area contributed by atoms with E-state index in [2.05, 4.69) is 0 Å². The van der Waals surface area contributed by atoms with E-state index in [-0.39, 0.29) is 37.7 Å². The van der Waals surface area contributed by atoms with Crippen LogP contribution in [0.4, 0.5) is 0 Å². The van der Waals surface area contributed by atoms with E-state index in [9.17, 15) is 33.2 Å². The fourth-order valence-corrected chi connectivity index (χ4v) is 4.45. The smallest absolute Gasteiger partial charge is 0.224 e. The third kappa shape index (κ3) is 3.60. The lowest BCUT2D eigenvalue weighted by atomic mass is 9.79. The van der Waals surface area contributed by atoms with Gasteiger partial charge in [-0.3, -0.25) is 19.7 Å². The second-order valence-corrected chi connectivity index (χ2v) is 8.51. The van der Waals surface area contributed by atoms with Gasteiger partial charge in [-0.15, -0.1) is 0 Å². The lowest BCUT2D eigenvalue weighted by Crippen LogP contribution is -2.42. The Bertz CT molecular complexity index is 661. The molecule has 2 aliphatic carbocycles. The zero-order valence-electron chi connectivity index (χ0n) is 12.7. The predicted molar refractivity (Wildman–Crippen MR) is 80.3 cm³/mol. The standard InChI is InChI=1S/C14H19NO7S/c1-23(21,22)8-5-6-9(10(7-8)15(19)20)14(18)13-11(16)3-2-4-12(13)17/h8-10,18H,2-7H2,1H3. The van der Waals surface area contributed by atoms with Gasteiger partial charge in [-0.2, -0.15) is 0 Å². The molecule has 0 amide bonds. The molecule has 0 aromatic rings. The van der Waals surface area contributed by atoms with Crippen LogP contribution in [0.15, 0.2) is 11.3 Å². The van der Waals surface area contributed by atoms with E-state index < -0.39 is 49.3 Å². The summed E-state index contributed by atoms with van der Waals surface area (Å²) in [5, 5.41) is 20.8. The SMILES string of the molecule is CS(=O)(=O)C1CCC(C(O)=C2C(=O)CCCC2=O)C([N+](=O)[O-])C1. The molecule has 0 aromatic heterocycles. The lowest BCUT2D eigenvalue weighted by molar-refractivity contribution is -0.534. The Morgan fingerprint density at radius 3 is 2.26 bits per heavy atom. The Balaban J connectivity index is 2.36. The van der Waals surface area contributed by atoms with Crippen molar-refractivity contribution in [2.24, 2.45) is 5.92 Å². The second-order valence-electron chi connectivity index (χ2n) is 6.18. The first-order valence-corrected chi connectivity index (χ1v) is 9.40. The average molecular weight is 345 g/mol. The largest absolute Gasteiger partial charge is 0.511 e. The fraction of sp³-hybridized carbons (Fsp3) is 0.714. The molecule has 2 fully saturated rings. The third-order valence-electron chi connectivity index (χ3n) is 4.62. The van der Waals surface area contributed by atoms with Crippen molar-refractivity contribution in [2.45, 2.75) is 49.8 Å². The zero-order chi connectivity index (χ0) is 17.4. The molecule has 128 valence electrons. The summed E-state index contributed by atoms with van der Waals surface area (Å²) in [6, 6.07) is -1.32. The summed E-state index contributed by atoms with van der Waals surface area (Å²) in [4.78, 5) is 34.4. The number of carbonyl (C=O) groups excluding carboxylic acids is 2. The van der Waals surface area contributed by atoms with Crippen LogP contribution >= 0.6 is 0 Å². The maximum Gasteiger partial charge on any atom is 0.224 e. The minimum absolute atomic E-state index is 0.0548. The van der Waals surface area contributed by atoms with E-state index in [1.807, 2.05) is 0 Å². The summed E-state index contributed by atoms with van der Waals surface area (Å²) < 4.78 is 23.3. The van der Waals surface area contributed by atoms with Gasteiger partial charge in [0.25, 0.3) is 0 Å². The summed E-state index contributed by atoms with van der Waals surface area (Å²) in [5.41, 5.74) is -0.328. The van der Waals surface area contributed by atoms with Crippen LogP contribution in [-0.4, -0.2) is 47.6 Å². The van der Waals surface area contributed by atoms with Crippen molar-refractivity contribution < 1.29 is 28.0 Å². The van der Waals surface area contributed by atoms with Gasteiger partial charge in [-0.05, 0) is 19.3 Å². The molecule has 3 unspecified atom stereocenters. The average Bonchev–Trinajstić information content (AvgIpc) is 2.45. The van der Waals surface area contributed by atoms with E-state index in [0.29, 0.717) is 6.42 Å². The van der Waals surface area contributed by atoms with Crippen LogP contribution in [0.2, 0.25) is 0 Å². The van der Waals surface area contributed by atoms with Gasteiger partial charge in [-0.1, -0.05) is 0 Å². The Labute approximate surface area is 133 Å². The Hall–Kier alpha value is -1.77. The first-order valence-electron chi connectivity index (χ1n) is 7.44. The molecule has 0 bridgehead atoms. The normalized spacial score (nSPS) is 29.4. The molecule has 2 rings (SSSR count). The number of nitro groups is 1. The summed E-state index contributed by atoms with van der Waals surface area (Å²) >= 11 is 0. The topological polar surface area (TPSA) is 132 Å². The number of carbonyl (C=O) groups is 2. The van der Waals surface area contributed by atoms with Crippen molar-refractivity contribution >= 4 is 21.4 Å². The summed E-state index contributed by atoms with van der Waals surface area (Å²) in [7, 11) is -3.42. The number of aliphatic hydroxyl groups excluding tert-OH is 1. The number of nitrogens with zero attached hydrogens (tertiary/aromatic N) is 1. The van der Waals surface area contributed by atoms with Crippen LogP contribution in [0.1, 0.15) is 38.5 Å². The monoisotopic (exact) mass is 345 g/mol. The number of aliphatic hydroxyl groups is 1. The molecule has 0 heterocycles. The number of hydrogen-bond acceptors (Lipinski definition) is 7. The number of hydrogen-bond donors (Lipinski definition) is 1. The lowest BCUT2D eigenvalue weighted by Gasteiger charge is -2.30. The summed E-state index contributed by atoms with van der Waals surface area (Å²) in [6.07, 6.45) is 1.69. The molecule has 0 aromatic carbocycles. The molecule has 0 radical (unpaired) electrons. The van der Waals surface area contributed by atoms with Crippen molar-refractivity contribution in [3.63, 3.8) is 0 Å². The van der Waals surface area contributed by atoms with Gasteiger partial charge in [0.05, 0.1) is 16.7 Å². The van der Waals surface area contributed by atoms with Crippen LogP contribution in [0.3, 0.4) is 0 Å². The van der Waals surface area contributed by atoms with E-state index >= 15 is 0 Å². The molecular weight excluding hydrogens is 326 g/mol. The van der Waals surface area contributed by atoms with Crippen LogP contribution in [-0.2, 0) is 19.4 Å².